The molecule has 150 valence electrons. The third-order valence-electron chi connectivity index (χ3n) is 4.89. The average Bonchev–Trinajstić information content (AvgIpc) is 3.45. The van der Waals surface area contributed by atoms with E-state index in [-0.39, 0.29) is 23.7 Å². The molecule has 1 aromatic carbocycles. The van der Waals surface area contributed by atoms with Crippen molar-refractivity contribution in [2.24, 2.45) is 5.92 Å². The summed E-state index contributed by atoms with van der Waals surface area (Å²) in [6.45, 7) is 1.06. The number of aromatic amines is 1. The molecular formula is C20H21N5O3S. The van der Waals surface area contributed by atoms with Gasteiger partial charge >= 0.3 is 0 Å². The van der Waals surface area contributed by atoms with Crippen LogP contribution in [0.1, 0.15) is 22.5 Å². The zero-order valence-electron chi connectivity index (χ0n) is 15.9. The molecule has 0 aliphatic carbocycles. The van der Waals surface area contributed by atoms with Crippen LogP contribution in [-0.2, 0) is 4.79 Å². The molecule has 1 fully saturated rings. The molecule has 1 unspecified atom stereocenters. The van der Waals surface area contributed by atoms with Crippen molar-refractivity contribution in [2.75, 3.05) is 25.5 Å². The number of para-hydroxylation sites is 1. The maximum absolute atomic E-state index is 12.7. The summed E-state index contributed by atoms with van der Waals surface area (Å²) >= 11 is 1.41. The third-order valence-corrected chi connectivity index (χ3v) is 5.75. The van der Waals surface area contributed by atoms with Gasteiger partial charge in [-0.1, -0.05) is 18.2 Å². The summed E-state index contributed by atoms with van der Waals surface area (Å²) in [5.41, 5.74) is 0.758. The van der Waals surface area contributed by atoms with Gasteiger partial charge in [-0.05, 0) is 36.4 Å². The molecule has 0 spiro atoms. The van der Waals surface area contributed by atoms with E-state index in [2.05, 4.69) is 20.5 Å². The number of nitrogens with zero attached hydrogens (tertiary/aromatic N) is 3. The number of carbonyl (C=O) groups is 2. The second-order valence-electron chi connectivity index (χ2n) is 6.76. The number of hydrogen-bond acceptors (Lipinski definition) is 6. The standard InChI is InChI=1S/C20H21N5O3S/c1-28-15-8-3-2-7-14(15)17-21-20(24-23-17)22-18(26)13-6-4-10-25(12-13)19(27)16-9-5-11-29-16/h2-3,5,7-9,11,13H,4,6,10,12H2,1H3,(H2,21,22,23,24,26). The number of hydrogen-bond donors (Lipinski definition) is 2. The Morgan fingerprint density at radius 3 is 2.93 bits per heavy atom. The van der Waals surface area contributed by atoms with Crippen LogP contribution in [0.15, 0.2) is 41.8 Å². The van der Waals surface area contributed by atoms with Gasteiger partial charge in [-0.2, -0.15) is 4.98 Å². The fraction of sp³-hybridized carbons (Fsp3) is 0.300. The minimum Gasteiger partial charge on any atom is -0.496 e. The molecule has 3 aromatic rings. The zero-order chi connectivity index (χ0) is 20.2. The van der Waals surface area contributed by atoms with Crippen molar-refractivity contribution in [1.29, 1.82) is 0 Å². The van der Waals surface area contributed by atoms with E-state index in [1.807, 2.05) is 41.8 Å². The number of methoxy groups -OCH3 is 1. The molecule has 0 radical (unpaired) electrons. The molecule has 1 atom stereocenters. The monoisotopic (exact) mass is 411 g/mol. The Balaban J connectivity index is 1.42. The quantitative estimate of drug-likeness (QED) is 0.672. The zero-order valence-corrected chi connectivity index (χ0v) is 16.7. The highest BCUT2D eigenvalue weighted by Gasteiger charge is 2.30. The Morgan fingerprint density at radius 1 is 1.28 bits per heavy atom. The van der Waals surface area contributed by atoms with Gasteiger partial charge in [0.15, 0.2) is 5.82 Å². The number of aromatic nitrogens is 3. The summed E-state index contributed by atoms with van der Waals surface area (Å²) in [5.74, 6) is 0.888. The number of amides is 2. The van der Waals surface area contributed by atoms with Crippen molar-refractivity contribution in [1.82, 2.24) is 20.1 Å². The molecule has 29 heavy (non-hydrogen) atoms. The lowest BCUT2D eigenvalue weighted by Crippen LogP contribution is -2.43. The molecule has 0 bridgehead atoms. The van der Waals surface area contributed by atoms with Crippen molar-refractivity contribution in [2.45, 2.75) is 12.8 Å². The van der Waals surface area contributed by atoms with E-state index in [0.717, 1.165) is 18.4 Å². The lowest BCUT2D eigenvalue weighted by atomic mass is 9.97. The van der Waals surface area contributed by atoms with Crippen LogP contribution in [0.3, 0.4) is 0 Å². The number of H-pyrrole nitrogens is 1. The first kappa shape index (κ1) is 19.1. The van der Waals surface area contributed by atoms with Crippen LogP contribution in [0.2, 0.25) is 0 Å². The van der Waals surface area contributed by atoms with Crippen LogP contribution in [-0.4, -0.2) is 52.1 Å². The molecule has 2 amide bonds. The Bertz CT molecular complexity index is 1000. The maximum Gasteiger partial charge on any atom is 0.263 e. The summed E-state index contributed by atoms with van der Waals surface area (Å²) in [4.78, 5) is 32.1. The van der Waals surface area contributed by atoms with Gasteiger partial charge in [0.05, 0.1) is 23.5 Å². The first-order valence-electron chi connectivity index (χ1n) is 9.35. The highest BCUT2D eigenvalue weighted by atomic mass is 32.1. The number of piperidine rings is 1. The summed E-state index contributed by atoms with van der Waals surface area (Å²) in [7, 11) is 1.59. The van der Waals surface area contributed by atoms with Gasteiger partial charge in [-0.3, -0.25) is 20.0 Å². The van der Waals surface area contributed by atoms with Gasteiger partial charge in [0, 0.05) is 13.1 Å². The number of likely N-dealkylation sites (tertiary alicyclic amines) is 1. The normalized spacial score (nSPS) is 16.4. The van der Waals surface area contributed by atoms with E-state index < -0.39 is 0 Å². The molecule has 2 aromatic heterocycles. The van der Waals surface area contributed by atoms with Gasteiger partial charge in [0.1, 0.15) is 5.75 Å². The van der Waals surface area contributed by atoms with Crippen LogP contribution in [0.5, 0.6) is 5.75 Å². The predicted octanol–water partition coefficient (Wildman–Crippen LogP) is 3.03. The maximum atomic E-state index is 12.7. The minimum atomic E-state index is -0.291. The fourth-order valence-electron chi connectivity index (χ4n) is 3.42. The SMILES string of the molecule is COc1ccccc1-c1nc(NC(=O)C2CCCN(C(=O)c3cccs3)C2)n[nH]1. The van der Waals surface area contributed by atoms with E-state index in [4.69, 9.17) is 4.74 Å². The summed E-state index contributed by atoms with van der Waals surface area (Å²) in [6.07, 6.45) is 1.51. The van der Waals surface area contributed by atoms with Crippen molar-refractivity contribution in [3.63, 3.8) is 0 Å². The molecule has 3 heterocycles. The first-order valence-corrected chi connectivity index (χ1v) is 10.2. The lowest BCUT2D eigenvalue weighted by Gasteiger charge is -2.31. The first-order chi connectivity index (χ1) is 14.2. The smallest absolute Gasteiger partial charge is 0.263 e. The Morgan fingerprint density at radius 2 is 2.14 bits per heavy atom. The molecule has 1 aliphatic rings. The second kappa shape index (κ2) is 8.44. The number of anilines is 1. The van der Waals surface area contributed by atoms with Gasteiger partial charge in [-0.25, -0.2) is 0 Å². The van der Waals surface area contributed by atoms with Crippen molar-refractivity contribution >= 4 is 29.1 Å². The minimum absolute atomic E-state index is 0.0196. The molecule has 1 aliphatic heterocycles. The Kier molecular flexibility index (Phi) is 5.57. The second-order valence-corrected chi connectivity index (χ2v) is 7.71. The summed E-state index contributed by atoms with van der Waals surface area (Å²) in [6, 6.07) is 11.1. The molecule has 8 nitrogen and oxygen atoms in total. The van der Waals surface area contributed by atoms with Crippen molar-refractivity contribution in [3.05, 3.63) is 46.7 Å². The van der Waals surface area contributed by atoms with Crippen molar-refractivity contribution < 1.29 is 14.3 Å². The van der Waals surface area contributed by atoms with E-state index >= 15 is 0 Å². The largest absolute Gasteiger partial charge is 0.496 e. The Labute approximate surface area is 171 Å². The van der Waals surface area contributed by atoms with Gasteiger partial charge in [-0.15, -0.1) is 16.4 Å². The summed E-state index contributed by atoms with van der Waals surface area (Å²) in [5, 5.41) is 11.6. The molecule has 2 N–H and O–H groups in total. The van der Waals surface area contributed by atoms with Gasteiger partial charge < -0.3 is 9.64 Å². The van der Waals surface area contributed by atoms with Crippen molar-refractivity contribution in [3.8, 4) is 17.1 Å². The third kappa shape index (κ3) is 4.14. The van der Waals surface area contributed by atoms with Crippen LogP contribution >= 0.6 is 11.3 Å². The molecule has 4 rings (SSSR count). The van der Waals surface area contributed by atoms with E-state index in [9.17, 15) is 9.59 Å². The lowest BCUT2D eigenvalue weighted by molar-refractivity contribution is -0.121. The number of carbonyl (C=O) groups excluding carboxylic acids is 2. The van der Waals surface area contributed by atoms with Gasteiger partial charge in [0.25, 0.3) is 5.91 Å². The molecule has 0 saturated carbocycles. The average molecular weight is 411 g/mol. The van der Waals surface area contributed by atoms with Gasteiger partial charge in [0.2, 0.25) is 11.9 Å². The highest BCUT2D eigenvalue weighted by Crippen LogP contribution is 2.27. The number of benzene rings is 1. The predicted molar refractivity (Wildman–Crippen MR) is 110 cm³/mol. The Hall–Kier alpha value is -3.20. The van der Waals surface area contributed by atoms with Crippen LogP contribution in [0.4, 0.5) is 5.95 Å². The molecular weight excluding hydrogens is 390 g/mol. The number of rotatable bonds is 5. The van der Waals surface area contributed by atoms with Crippen LogP contribution in [0.25, 0.3) is 11.4 Å². The number of nitrogens with one attached hydrogen (secondary N) is 2. The summed E-state index contributed by atoms with van der Waals surface area (Å²) < 4.78 is 5.34. The van der Waals surface area contributed by atoms with E-state index in [1.54, 1.807) is 12.0 Å². The van der Waals surface area contributed by atoms with Crippen LogP contribution in [0, 0.1) is 5.92 Å². The van der Waals surface area contributed by atoms with E-state index in [1.165, 1.54) is 11.3 Å². The number of ether oxygens (including phenoxy) is 1. The fourth-order valence-corrected chi connectivity index (χ4v) is 4.11. The van der Waals surface area contributed by atoms with E-state index in [0.29, 0.717) is 29.5 Å². The van der Waals surface area contributed by atoms with Crippen LogP contribution < -0.4 is 10.1 Å². The highest BCUT2D eigenvalue weighted by molar-refractivity contribution is 7.12. The topological polar surface area (TPSA) is 100 Å². The molecule has 9 heteroatoms. The number of thiophene rings is 1. The molecule has 1 saturated heterocycles.